The fraction of sp³-hybridized carbons (Fsp3) is 0.733. The third-order valence-corrected chi connectivity index (χ3v) is 3.98. The average molecular weight is 294 g/mol. The van der Waals surface area contributed by atoms with Crippen molar-refractivity contribution in [2.24, 2.45) is 0 Å². The number of nitrogens with one attached hydrogen (secondary N) is 1. The lowest BCUT2D eigenvalue weighted by Crippen LogP contribution is -2.47. The minimum atomic E-state index is -0.134. The molecule has 1 aliphatic heterocycles. The van der Waals surface area contributed by atoms with Crippen LogP contribution in [-0.4, -0.2) is 49.4 Å². The number of aromatic nitrogens is 2. The Morgan fingerprint density at radius 1 is 1.38 bits per heavy atom. The second-order valence-corrected chi connectivity index (χ2v) is 5.69. The van der Waals surface area contributed by atoms with Crippen molar-refractivity contribution >= 4 is 11.6 Å². The highest BCUT2D eigenvalue weighted by Gasteiger charge is 2.33. The Morgan fingerprint density at radius 2 is 2.19 bits per heavy atom. The molecule has 0 radical (unpaired) electrons. The van der Waals surface area contributed by atoms with E-state index in [1.807, 2.05) is 0 Å². The zero-order chi connectivity index (χ0) is 15.3. The fourth-order valence-corrected chi connectivity index (χ4v) is 2.70. The van der Waals surface area contributed by atoms with Crippen molar-refractivity contribution in [1.29, 1.82) is 0 Å². The minimum Gasteiger partial charge on any atom is -0.490 e. The number of nitrogens with zero attached hydrogens (tertiary/aromatic N) is 3. The molecule has 6 heteroatoms. The molecule has 1 fully saturated rings. The molecular formula is C15H26N4O2. The predicted molar refractivity (Wildman–Crippen MR) is 84.2 cm³/mol. The lowest BCUT2D eigenvalue weighted by Gasteiger charge is -2.40. The Morgan fingerprint density at radius 3 is 2.86 bits per heavy atom. The van der Waals surface area contributed by atoms with Crippen molar-refractivity contribution < 1.29 is 9.47 Å². The monoisotopic (exact) mass is 294 g/mol. The second kappa shape index (κ2) is 6.93. The molecule has 0 bridgehead atoms. The quantitative estimate of drug-likeness (QED) is 0.869. The topological polar surface area (TPSA) is 59.5 Å². The number of piperidine rings is 1. The number of anilines is 2. The van der Waals surface area contributed by atoms with Crippen molar-refractivity contribution in [2.45, 2.75) is 38.7 Å². The SMILES string of the molecule is CCCNc1ncnc(N2CCCC(C)(OC)C2)c1OC. The summed E-state index contributed by atoms with van der Waals surface area (Å²) >= 11 is 0. The summed E-state index contributed by atoms with van der Waals surface area (Å²) in [6.07, 6.45) is 4.77. The minimum absolute atomic E-state index is 0.134. The Balaban J connectivity index is 2.26. The van der Waals surface area contributed by atoms with Gasteiger partial charge in [-0.1, -0.05) is 6.92 Å². The van der Waals surface area contributed by atoms with Gasteiger partial charge in [-0.3, -0.25) is 0 Å². The summed E-state index contributed by atoms with van der Waals surface area (Å²) in [5.74, 6) is 2.31. The summed E-state index contributed by atoms with van der Waals surface area (Å²) in [5, 5.41) is 3.29. The molecule has 1 aromatic rings. The van der Waals surface area contributed by atoms with E-state index in [0.29, 0.717) is 5.75 Å². The van der Waals surface area contributed by atoms with Crippen molar-refractivity contribution in [1.82, 2.24) is 9.97 Å². The van der Waals surface area contributed by atoms with E-state index in [2.05, 4.69) is 34.0 Å². The molecule has 1 saturated heterocycles. The maximum Gasteiger partial charge on any atom is 0.204 e. The molecule has 0 amide bonds. The predicted octanol–water partition coefficient (Wildman–Crippen LogP) is 2.31. The first-order valence-electron chi connectivity index (χ1n) is 7.56. The van der Waals surface area contributed by atoms with E-state index in [0.717, 1.165) is 50.5 Å². The summed E-state index contributed by atoms with van der Waals surface area (Å²) in [4.78, 5) is 11.0. The van der Waals surface area contributed by atoms with Gasteiger partial charge in [-0.2, -0.15) is 0 Å². The maximum absolute atomic E-state index is 5.66. The van der Waals surface area contributed by atoms with Crippen LogP contribution in [0.2, 0.25) is 0 Å². The van der Waals surface area contributed by atoms with Crippen molar-refractivity contribution in [3.63, 3.8) is 0 Å². The smallest absolute Gasteiger partial charge is 0.204 e. The van der Waals surface area contributed by atoms with Crippen molar-refractivity contribution in [3.05, 3.63) is 6.33 Å². The van der Waals surface area contributed by atoms with Crippen molar-refractivity contribution in [3.8, 4) is 5.75 Å². The number of hydrogen-bond acceptors (Lipinski definition) is 6. The molecule has 1 unspecified atom stereocenters. The molecule has 1 aromatic heterocycles. The van der Waals surface area contributed by atoms with Crippen LogP contribution in [0, 0.1) is 0 Å². The van der Waals surface area contributed by atoms with Crippen molar-refractivity contribution in [2.75, 3.05) is 44.1 Å². The first-order valence-corrected chi connectivity index (χ1v) is 7.56. The lowest BCUT2D eigenvalue weighted by molar-refractivity contribution is -0.00489. The zero-order valence-electron chi connectivity index (χ0n) is 13.5. The summed E-state index contributed by atoms with van der Waals surface area (Å²) in [6, 6.07) is 0. The summed E-state index contributed by atoms with van der Waals surface area (Å²) in [5.41, 5.74) is -0.134. The summed E-state index contributed by atoms with van der Waals surface area (Å²) < 4.78 is 11.2. The third-order valence-electron chi connectivity index (χ3n) is 3.98. The Kier molecular flexibility index (Phi) is 5.22. The largest absolute Gasteiger partial charge is 0.490 e. The van der Waals surface area contributed by atoms with E-state index in [9.17, 15) is 0 Å². The van der Waals surface area contributed by atoms with E-state index in [1.165, 1.54) is 0 Å². The zero-order valence-corrected chi connectivity index (χ0v) is 13.5. The van der Waals surface area contributed by atoms with Gasteiger partial charge in [0.1, 0.15) is 6.33 Å². The highest BCUT2D eigenvalue weighted by Crippen LogP contribution is 2.35. The molecule has 2 rings (SSSR count). The molecular weight excluding hydrogens is 268 g/mol. The van der Waals surface area contributed by atoms with Crippen LogP contribution in [0.1, 0.15) is 33.1 Å². The Bertz CT molecular complexity index is 469. The first kappa shape index (κ1) is 15.8. The molecule has 118 valence electrons. The Labute approximate surface area is 126 Å². The van der Waals surface area contributed by atoms with E-state index in [4.69, 9.17) is 9.47 Å². The van der Waals surface area contributed by atoms with Gasteiger partial charge >= 0.3 is 0 Å². The van der Waals surface area contributed by atoms with Gasteiger partial charge in [-0.15, -0.1) is 0 Å². The standard InChI is InChI=1S/C15H26N4O2/c1-5-8-16-13-12(20-3)14(18-11-17-13)19-9-6-7-15(2,10-19)21-4/h11H,5-10H2,1-4H3,(H,16,17,18). The van der Waals surface area contributed by atoms with Crippen LogP contribution < -0.4 is 15.0 Å². The molecule has 1 atom stereocenters. The van der Waals surface area contributed by atoms with Crippen LogP contribution >= 0.6 is 0 Å². The molecule has 0 aromatic carbocycles. The van der Waals surface area contributed by atoms with Crippen LogP contribution in [0.25, 0.3) is 0 Å². The van der Waals surface area contributed by atoms with E-state index in [-0.39, 0.29) is 5.60 Å². The van der Waals surface area contributed by atoms with E-state index in [1.54, 1.807) is 20.5 Å². The summed E-state index contributed by atoms with van der Waals surface area (Å²) in [7, 11) is 3.44. The van der Waals surface area contributed by atoms with E-state index >= 15 is 0 Å². The van der Waals surface area contributed by atoms with Crippen LogP contribution in [-0.2, 0) is 4.74 Å². The highest BCUT2D eigenvalue weighted by atomic mass is 16.5. The molecule has 0 saturated carbocycles. The van der Waals surface area contributed by atoms with Gasteiger partial charge in [-0.05, 0) is 26.2 Å². The lowest BCUT2D eigenvalue weighted by atomic mass is 9.95. The maximum atomic E-state index is 5.66. The van der Waals surface area contributed by atoms with Gasteiger partial charge in [0, 0.05) is 26.7 Å². The van der Waals surface area contributed by atoms with Gasteiger partial charge in [0.25, 0.3) is 0 Å². The van der Waals surface area contributed by atoms with Gasteiger partial charge in [-0.25, -0.2) is 9.97 Å². The molecule has 21 heavy (non-hydrogen) atoms. The number of methoxy groups -OCH3 is 2. The Hall–Kier alpha value is -1.56. The highest BCUT2D eigenvalue weighted by molar-refractivity contribution is 5.65. The van der Waals surface area contributed by atoms with Crippen LogP contribution in [0.15, 0.2) is 6.33 Å². The average Bonchev–Trinajstić information content (AvgIpc) is 2.52. The van der Waals surface area contributed by atoms with Gasteiger partial charge in [0.15, 0.2) is 11.6 Å². The molecule has 6 nitrogen and oxygen atoms in total. The second-order valence-electron chi connectivity index (χ2n) is 5.69. The van der Waals surface area contributed by atoms with Gasteiger partial charge in [0.2, 0.25) is 5.75 Å². The van der Waals surface area contributed by atoms with Gasteiger partial charge < -0.3 is 19.7 Å². The number of rotatable bonds is 6. The number of hydrogen-bond donors (Lipinski definition) is 1. The van der Waals surface area contributed by atoms with Crippen LogP contribution in [0.5, 0.6) is 5.75 Å². The van der Waals surface area contributed by atoms with Crippen LogP contribution in [0.3, 0.4) is 0 Å². The normalized spacial score (nSPS) is 22.2. The molecule has 1 N–H and O–H groups in total. The van der Waals surface area contributed by atoms with Crippen LogP contribution in [0.4, 0.5) is 11.6 Å². The molecule has 0 spiro atoms. The number of ether oxygens (including phenoxy) is 2. The first-order chi connectivity index (χ1) is 10.1. The van der Waals surface area contributed by atoms with E-state index < -0.39 is 0 Å². The van der Waals surface area contributed by atoms with Gasteiger partial charge in [0.05, 0.1) is 12.7 Å². The molecule has 2 heterocycles. The fourth-order valence-electron chi connectivity index (χ4n) is 2.70. The molecule has 0 aliphatic carbocycles. The summed E-state index contributed by atoms with van der Waals surface area (Å²) in [6.45, 7) is 6.89. The molecule has 1 aliphatic rings. The third kappa shape index (κ3) is 3.56.